The molecular weight excluding hydrogens is 286 g/mol. The quantitative estimate of drug-likeness (QED) is 0.902. The number of carbonyl (C=O) groups is 1. The van der Waals surface area contributed by atoms with Crippen molar-refractivity contribution in [2.45, 2.75) is 13.0 Å². The number of anilines is 1. The number of ether oxygens (including phenoxy) is 1. The van der Waals surface area contributed by atoms with Gasteiger partial charge in [-0.2, -0.15) is 0 Å². The highest BCUT2D eigenvalue weighted by atomic mass is 35.5. The van der Waals surface area contributed by atoms with Crippen LogP contribution in [0.1, 0.15) is 6.92 Å². The summed E-state index contributed by atoms with van der Waals surface area (Å²) in [6, 6.07) is 2.50. The maximum Gasteiger partial charge on any atom is 0.241 e. The van der Waals surface area contributed by atoms with Crippen LogP contribution in [0, 0.1) is 0 Å². The van der Waals surface area contributed by atoms with E-state index in [9.17, 15) is 4.79 Å². The number of hydrogen-bond donors (Lipinski definition) is 2. The highest BCUT2D eigenvalue weighted by molar-refractivity contribution is 6.37. The minimum Gasteiger partial charge on any atom is -0.494 e. The Balaban J connectivity index is 0.00000256. The molecule has 0 aliphatic heterocycles. The van der Waals surface area contributed by atoms with E-state index in [2.05, 4.69) is 5.32 Å². The van der Waals surface area contributed by atoms with E-state index in [4.69, 9.17) is 33.7 Å². The maximum atomic E-state index is 11.3. The minimum absolute atomic E-state index is 0. The fourth-order valence-electron chi connectivity index (χ4n) is 1.08. The Morgan fingerprint density at radius 3 is 2.24 bits per heavy atom. The van der Waals surface area contributed by atoms with E-state index in [1.165, 1.54) is 7.11 Å². The molecule has 0 radical (unpaired) electrons. The molecule has 0 heterocycles. The zero-order valence-electron chi connectivity index (χ0n) is 9.29. The molecule has 0 bridgehead atoms. The van der Waals surface area contributed by atoms with Crippen LogP contribution < -0.4 is 15.8 Å². The summed E-state index contributed by atoms with van der Waals surface area (Å²) in [5, 5.41) is 3.24. The molecule has 3 N–H and O–H groups in total. The first-order valence-corrected chi connectivity index (χ1v) is 5.30. The van der Waals surface area contributed by atoms with Crippen LogP contribution in [0.4, 0.5) is 5.69 Å². The zero-order valence-corrected chi connectivity index (χ0v) is 11.6. The fourth-order valence-corrected chi connectivity index (χ4v) is 1.72. The number of halogens is 3. The third kappa shape index (κ3) is 4.24. The number of carbonyl (C=O) groups excluding carboxylic acids is 1. The second-order valence-corrected chi connectivity index (χ2v) is 4.07. The molecule has 0 saturated carbocycles. The Hall–Kier alpha value is -0.680. The van der Waals surface area contributed by atoms with Crippen LogP contribution in [0.25, 0.3) is 0 Å². The lowest BCUT2D eigenvalue weighted by Gasteiger charge is -2.11. The van der Waals surface area contributed by atoms with Crippen LogP contribution >= 0.6 is 35.6 Å². The van der Waals surface area contributed by atoms with Crippen LogP contribution in [0.15, 0.2) is 12.1 Å². The average molecular weight is 300 g/mol. The van der Waals surface area contributed by atoms with Crippen LogP contribution in [-0.2, 0) is 4.79 Å². The fraction of sp³-hybridized carbons (Fsp3) is 0.300. The van der Waals surface area contributed by atoms with Crippen molar-refractivity contribution in [2.75, 3.05) is 12.4 Å². The number of benzene rings is 1. The van der Waals surface area contributed by atoms with Crippen molar-refractivity contribution in [1.29, 1.82) is 0 Å². The van der Waals surface area contributed by atoms with E-state index in [0.29, 0.717) is 21.5 Å². The van der Waals surface area contributed by atoms with Gasteiger partial charge in [0.05, 0.1) is 23.2 Å². The lowest BCUT2D eigenvalue weighted by Crippen LogP contribution is -2.32. The summed E-state index contributed by atoms with van der Waals surface area (Å²) in [5.74, 6) is 0.0689. The highest BCUT2D eigenvalue weighted by Crippen LogP contribution is 2.35. The number of methoxy groups -OCH3 is 1. The third-order valence-corrected chi connectivity index (χ3v) is 2.45. The molecule has 1 aromatic rings. The lowest BCUT2D eigenvalue weighted by atomic mass is 10.2. The third-order valence-electron chi connectivity index (χ3n) is 1.88. The highest BCUT2D eigenvalue weighted by Gasteiger charge is 2.12. The summed E-state index contributed by atoms with van der Waals surface area (Å²) in [4.78, 5) is 11.3. The predicted octanol–water partition coefficient (Wildman–Crippen LogP) is 2.71. The standard InChI is InChI=1S/C10H12Cl2N2O2.ClH/c1-5(13)10(15)14-6-3-7(11)9(16-2)8(12)4-6;/h3-5H,13H2,1-2H3,(H,14,15);1H/t5-;/m1./s1. The molecule has 0 spiro atoms. The number of nitrogens with two attached hydrogens (primary N) is 1. The van der Waals surface area contributed by atoms with Gasteiger partial charge in [0.15, 0.2) is 5.75 Å². The second kappa shape index (κ2) is 6.91. The Bertz CT molecular complexity index is 388. The molecule has 1 aromatic carbocycles. The van der Waals surface area contributed by atoms with Gasteiger partial charge in [0, 0.05) is 5.69 Å². The van der Waals surface area contributed by atoms with Crippen molar-refractivity contribution in [3.05, 3.63) is 22.2 Å². The van der Waals surface area contributed by atoms with Crippen LogP contribution in [0.3, 0.4) is 0 Å². The molecule has 4 nitrogen and oxygen atoms in total. The monoisotopic (exact) mass is 298 g/mol. The molecule has 1 rings (SSSR count). The van der Waals surface area contributed by atoms with Gasteiger partial charge in [0.25, 0.3) is 0 Å². The zero-order chi connectivity index (χ0) is 12.3. The van der Waals surface area contributed by atoms with Gasteiger partial charge >= 0.3 is 0 Å². The summed E-state index contributed by atoms with van der Waals surface area (Å²) in [7, 11) is 1.47. The van der Waals surface area contributed by atoms with E-state index in [0.717, 1.165) is 0 Å². The first-order valence-electron chi connectivity index (χ1n) is 4.55. The van der Waals surface area contributed by atoms with E-state index < -0.39 is 6.04 Å². The summed E-state index contributed by atoms with van der Waals surface area (Å²) >= 11 is 11.8. The van der Waals surface area contributed by atoms with Crippen LogP contribution in [-0.4, -0.2) is 19.1 Å². The number of hydrogen-bond acceptors (Lipinski definition) is 3. The summed E-state index contributed by atoms with van der Waals surface area (Å²) < 4.78 is 4.98. The van der Waals surface area contributed by atoms with Gasteiger partial charge in [-0.15, -0.1) is 12.4 Å². The molecule has 7 heteroatoms. The van der Waals surface area contributed by atoms with Gasteiger partial charge < -0.3 is 15.8 Å². The Morgan fingerprint density at radius 2 is 1.88 bits per heavy atom. The summed E-state index contributed by atoms with van der Waals surface area (Å²) in [6.07, 6.45) is 0. The lowest BCUT2D eigenvalue weighted by molar-refractivity contribution is -0.117. The SMILES string of the molecule is COc1c(Cl)cc(NC(=O)[C@@H](C)N)cc1Cl.Cl. The molecular formula is C10H13Cl3N2O2. The molecule has 96 valence electrons. The minimum atomic E-state index is -0.598. The molecule has 0 aliphatic rings. The smallest absolute Gasteiger partial charge is 0.241 e. The van der Waals surface area contributed by atoms with Crippen LogP contribution in [0.2, 0.25) is 10.0 Å². The van der Waals surface area contributed by atoms with Crippen molar-refractivity contribution in [3.8, 4) is 5.75 Å². The molecule has 17 heavy (non-hydrogen) atoms. The summed E-state index contributed by atoms with van der Waals surface area (Å²) in [6.45, 7) is 1.59. The summed E-state index contributed by atoms with van der Waals surface area (Å²) in [5.41, 5.74) is 5.90. The maximum absolute atomic E-state index is 11.3. The number of amides is 1. The van der Waals surface area contributed by atoms with Gasteiger partial charge in [0.1, 0.15) is 0 Å². The van der Waals surface area contributed by atoms with E-state index in [1.807, 2.05) is 0 Å². The van der Waals surface area contributed by atoms with Crippen LogP contribution in [0.5, 0.6) is 5.75 Å². The second-order valence-electron chi connectivity index (χ2n) is 3.25. The van der Waals surface area contributed by atoms with Gasteiger partial charge in [-0.25, -0.2) is 0 Å². The van der Waals surface area contributed by atoms with Crippen molar-refractivity contribution < 1.29 is 9.53 Å². The Morgan fingerprint density at radius 1 is 1.41 bits per heavy atom. The van der Waals surface area contributed by atoms with Crippen molar-refractivity contribution in [1.82, 2.24) is 0 Å². The van der Waals surface area contributed by atoms with Gasteiger partial charge in [-0.1, -0.05) is 23.2 Å². The Kier molecular flexibility index (Phi) is 6.64. The molecule has 1 amide bonds. The molecule has 0 aliphatic carbocycles. The van der Waals surface area contributed by atoms with Gasteiger partial charge in [0.2, 0.25) is 5.91 Å². The van der Waals surface area contributed by atoms with Gasteiger partial charge in [-0.05, 0) is 19.1 Å². The topological polar surface area (TPSA) is 64.3 Å². The van der Waals surface area contributed by atoms with Crippen molar-refractivity contribution in [3.63, 3.8) is 0 Å². The number of nitrogens with one attached hydrogen (secondary N) is 1. The van der Waals surface area contributed by atoms with E-state index in [-0.39, 0.29) is 18.3 Å². The first kappa shape index (κ1) is 16.3. The Labute approximate surface area is 116 Å². The molecule has 0 saturated heterocycles. The molecule has 0 aromatic heterocycles. The molecule has 1 atom stereocenters. The van der Waals surface area contributed by atoms with E-state index in [1.54, 1.807) is 19.1 Å². The average Bonchev–Trinajstić information content (AvgIpc) is 2.16. The number of rotatable bonds is 3. The largest absolute Gasteiger partial charge is 0.494 e. The van der Waals surface area contributed by atoms with Crippen molar-refractivity contribution in [2.24, 2.45) is 5.73 Å². The van der Waals surface area contributed by atoms with Gasteiger partial charge in [-0.3, -0.25) is 4.79 Å². The molecule has 0 unspecified atom stereocenters. The van der Waals surface area contributed by atoms with Crippen molar-refractivity contribution >= 4 is 47.2 Å². The molecule has 0 fully saturated rings. The normalized spacial score (nSPS) is 11.4. The first-order chi connectivity index (χ1) is 7.45. The van der Waals surface area contributed by atoms with E-state index >= 15 is 0 Å². The predicted molar refractivity (Wildman–Crippen MR) is 72.5 cm³/mol.